The van der Waals surface area contributed by atoms with Crippen molar-refractivity contribution in [3.05, 3.63) is 0 Å². The van der Waals surface area contributed by atoms with Crippen LogP contribution in [0.4, 0.5) is 0 Å². The largest absolute Gasteiger partial charge is 0.383 e. The molecule has 0 aromatic rings. The average Bonchev–Trinajstić information content (AvgIpc) is 3.09. The van der Waals surface area contributed by atoms with E-state index >= 15 is 0 Å². The van der Waals surface area contributed by atoms with Gasteiger partial charge in [0.05, 0.1) is 18.6 Å². The lowest BCUT2D eigenvalue weighted by molar-refractivity contribution is -0.139. The van der Waals surface area contributed by atoms with Crippen LogP contribution in [-0.2, 0) is 14.3 Å². The predicted octanol–water partition coefficient (Wildman–Crippen LogP) is -1.05. The molecule has 1 aliphatic rings. The van der Waals surface area contributed by atoms with Gasteiger partial charge < -0.3 is 20.7 Å². The summed E-state index contributed by atoms with van der Waals surface area (Å²) < 4.78 is 4.81. The number of ether oxygens (including phenoxy) is 1. The van der Waals surface area contributed by atoms with Crippen LogP contribution >= 0.6 is 0 Å². The van der Waals surface area contributed by atoms with Crippen molar-refractivity contribution in [2.75, 3.05) is 40.4 Å². The Balaban J connectivity index is 2.31. The molecule has 0 aliphatic heterocycles. The van der Waals surface area contributed by atoms with Crippen LogP contribution in [0.25, 0.3) is 0 Å². The Hall–Kier alpha value is -1.14. The van der Waals surface area contributed by atoms with Crippen LogP contribution in [0.3, 0.4) is 0 Å². The van der Waals surface area contributed by atoms with E-state index in [-0.39, 0.29) is 23.8 Å². The molecule has 0 bridgehead atoms. The molecule has 0 atom stereocenters. The number of likely N-dealkylation sites (N-methyl/N-ethyl adjacent to an activating group) is 1. The van der Waals surface area contributed by atoms with Crippen molar-refractivity contribution >= 4 is 11.8 Å². The summed E-state index contributed by atoms with van der Waals surface area (Å²) >= 11 is 0. The van der Waals surface area contributed by atoms with Crippen molar-refractivity contribution in [2.24, 2.45) is 11.1 Å². The highest BCUT2D eigenvalue weighted by Crippen LogP contribution is 2.45. The minimum Gasteiger partial charge on any atom is -0.383 e. The maximum Gasteiger partial charge on any atom is 0.239 e. The molecule has 6 nitrogen and oxygen atoms in total. The predicted molar refractivity (Wildman–Crippen MR) is 63.2 cm³/mol. The summed E-state index contributed by atoms with van der Waals surface area (Å²) in [6.45, 7) is 1.36. The molecule has 17 heavy (non-hydrogen) atoms. The lowest BCUT2D eigenvalue weighted by Crippen LogP contribution is -2.44. The van der Waals surface area contributed by atoms with Gasteiger partial charge in [0.15, 0.2) is 0 Å². The maximum atomic E-state index is 12.0. The van der Waals surface area contributed by atoms with E-state index in [0.29, 0.717) is 19.7 Å². The van der Waals surface area contributed by atoms with Crippen LogP contribution in [0.5, 0.6) is 0 Å². The van der Waals surface area contributed by atoms with Crippen molar-refractivity contribution in [1.29, 1.82) is 0 Å². The highest BCUT2D eigenvalue weighted by molar-refractivity contribution is 5.89. The van der Waals surface area contributed by atoms with Crippen LogP contribution in [0.1, 0.15) is 12.8 Å². The van der Waals surface area contributed by atoms with E-state index < -0.39 is 0 Å². The number of rotatable bonds is 7. The molecular weight excluding hydrogens is 222 g/mol. The number of hydrogen-bond acceptors (Lipinski definition) is 4. The van der Waals surface area contributed by atoms with Gasteiger partial charge in [-0.15, -0.1) is 0 Å². The summed E-state index contributed by atoms with van der Waals surface area (Å²) in [4.78, 5) is 24.9. The van der Waals surface area contributed by atoms with E-state index in [1.807, 2.05) is 0 Å². The fraction of sp³-hybridized carbons (Fsp3) is 0.818. The molecule has 6 heteroatoms. The van der Waals surface area contributed by atoms with Crippen molar-refractivity contribution < 1.29 is 14.3 Å². The molecule has 1 aliphatic carbocycles. The highest BCUT2D eigenvalue weighted by atomic mass is 16.5. The molecule has 1 rings (SSSR count). The zero-order valence-electron chi connectivity index (χ0n) is 10.5. The fourth-order valence-corrected chi connectivity index (χ4v) is 1.70. The molecule has 0 radical (unpaired) electrons. The number of amides is 2. The van der Waals surface area contributed by atoms with Crippen molar-refractivity contribution in [1.82, 2.24) is 10.2 Å². The Morgan fingerprint density at radius 2 is 2.12 bits per heavy atom. The average molecular weight is 243 g/mol. The Morgan fingerprint density at radius 3 is 2.59 bits per heavy atom. The first-order chi connectivity index (χ1) is 8.05. The quantitative estimate of drug-likeness (QED) is 0.559. The van der Waals surface area contributed by atoms with Gasteiger partial charge in [-0.25, -0.2) is 0 Å². The summed E-state index contributed by atoms with van der Waals surface area (Å²) in [6.07, 6.45) is 1.66. The number of nitrogens with two attached hydrogens (primary N) is 1. The topological polar surface area (TPSA) is 84.7 Å². The van der Waals surface area contributed by atoms with Gasteiger partial charge in [0.25, 0.3) is 0 Å². The molecule has 98 valence electrons. The van der Waals surface area contributed by atoms with Gasteiger partial charge in [-0.2, -0.15) is 0 Å². The molecule has 2 amide bonds. The zero-order valence-corrected chi connectivity index (χ0v) is 10.5. The van der Waals surface area contributed by atoms with E-state index in [9.17, 15) is 9.59 Å². The third-order valence-corrected chi connectivity index (χ3v) is 3.05. The SMILES string of the molecule is COCCNC(=O)CN(C)C(=O)C1(CN)CC1. The Labute approximate surface area is 101 Å². The maximum absolute atomic E-state index is 12.0. The molecule has 0 saturated heterocycles. The first-order valence-corrected chi connectivity index (χ1v) is 5.77. The van der Waals surface area contributed by atoms with E-state index in [2.05, 4.69) is 5.32 Å². The number of carbonyl (C=O) groups excluding carboxylic acids is 2. The summed E-state index contributed by atoms with van der Waals surface area (Å²) in [6, 6.07) is 0. The number of methoxy groups -OCH3 is 1. The van der Waals surface area contributed by atoms with E-state index in [0.717, 1.165) is 12.8 Å². The number of nitrogens with zero attached hydrogens (tertiary/aromatic N) is 1. The summed E-state index contributed by atoms with van der Waals surface area (Å²) in [5.41, 5.74) is 5.18. The molecule has 0 heterocycles. The van der Waals surface area contributed by atoms with Gasteiger partial charge in [-0.05, 0) is 12.8 Å². The van der Waals surface area contributed by atoms with Gasteiger partial charge in [-0.1, -0.05) is 0 Å². The van der Waals surface area contributed by atoms with E-state index in [1.165, 1.54) is 4.90 Å². The second kappa shape index (κ2) is 5.97. The molecule has 1 saturated carbocycles. The van der Waals surface area contributed by atoms with Crippen molar-refractivity contribution in [2.45, 2.75) is 12.8 Å². The number of nitrogens with one attached hydrogen (secondary N) is 1. The van der Waals surface area contributed by atoms with Gasteiger partial charge >= 0.3 is 0 Å². The van der Waals surface area contributed by atoms with Crippen LogP contribution in [0.15, 0.2) is 0 Å². The van der Waals surface area contributed by atoms with E-state index in [4.69, 9.17) is 10.5 Å². The van der Waals surface area contributed by atoms with Gasteiger partial charge in [0, 0.05) is 27.2 Å². The van der Waals surface area contributed by atoms with Crippen LogP contribution in [0, 0.1) is 5.41 Å². The lowest BCUT2D eigenvalue weighted by atomic mass is 10.1. The summed E-state index contributed by atoms with van der Waals surface area (Å²) in [5, 5.41) is 2.67. The van der Waals surface area contributed by atoms with Gasteiger partial charge in [0.1, 0.15) is 0 Å². The summed E-state index contributed by atoms with van der Waals surface area (Å²) in [7, 11) is 3.20. The zero-order chi connectivity index (χ0) is 12.9. The van der Waals surface area contributed by atoms with Crippen LogP contribution < -0.4 is 11.1 Å². The third-order valence-electron chi connectivity index (χ3n) is 3.05. The first-order valence-electron chi connectivity index (χ1n) is 5.77. The molecule has 0 unspecified atom stereocenters. The number of carbonyl (C=O) groups is 2. The molecule has 1 fully saturated rings. The van der Waals surface area contributed by atoms with Crippen molar-refractivity contribution in [3.63, 3.8) is 0 Å². The Bertz CT molecular complexity index is 290. The van der Waals surface area contributed by atoms with Crippen LogP contribution in [-0.4, -0.2) is 57.1 Å². The second-order valence-electron chi connectivity index (χ2n) is 4.49. The van der Waals surface area contributed by atoms with E-state index in [1.54, 1.807) is 14.2 Å². The standard InChI is InChI=1S/C11H21N3O3/c1-14(7-9(15)13-5-6-17-2)10(16)11(8-12)3-4-11/h3-8,12H2,1-2H3,(H,13,15). The minimum absolute atomic E-state index is 0.0260. The minimum atomic E-state index is -0.387. The Kier molecular flexibility index (Phi) is 4.89. The van der Waals surface area contributed by atoms with Gasteiger partial charge in [-0.3, -0.25) is 9.59 Å². The third kappa shape index (κ3) is 3.67. The normalized spacial score (nSPS) is 16.4. The van der Waals surface area contributed by atoms with Gasteiger partial charge in [0.2, 0.25) is 11.8 Å². The molecule has 0 aromatic heterocycles. The van der Waals surface area contributed by atoms with Crippen molar-refractivity contribution in [3.8, 4) is 0 Å². The molecular formula is C11H21N3O3. The fourth-order valence-electron chi connectivity index (χ4n) is 1.70. The van der Waals surface area contributed by atoms with Crippen LogP contribution in [0.2, 0.25) is 0 Å². The molecule has 0 spiro atoms. The monoisotopic (exact) mass is 243 g/mol. The smallest absolute Gasteiger partial charge is 0.239 e. The highest BCUT2D eigenvalue weighted by Gasteiger charge is 2.49. The molecule has 0 aromatic carbocycles. The number of hydrogen-bond donors (Lipinski definition) is 2. The molecule has 3 N–H and O–H groups in total. The summed E-state index contributed by atoms with van der Waals surface area (Å²) in [5.74, 6) is -0.201. The first kappa shape index (κ1) is 13.9. The Morgan fingerprint density at radius 1 is 1.47 bits per heavy atom. The lowest BCUT2D eigenvalue weighted by Gasteiger charge is -2.21. The second-order valence-corrected chi connectivity index (χ2v) is 4.49.